The van der Waals surface area contributed by atoms with E-state index in [4.69, 9.17) is 16.2 Å². The molecule has 0 saturated carbocycles. The van der Waals surface area contributed by atoms with E-state index in [0.29, 0.717) is 30.0 Å². The summed E-state index contributed by atoms with van der Waals surface area (Å²) in [7, 11) is 3.85. The van der Waals surface area contributed by atoms with Gasteiger partial charge in [0.25, 0.3) is 5.88 Å². The van der Waals surface area contributed by atoms with Gasteiger partial charge in [-0.2, -0.15) is 5.10 Å². The number of anilines is 1. The number of hydrazone groups is 1. The van der Waals surface area contributed by atoms with Crippen molar-refractivity contribution in [1.29, 1.82) is 0 Å². The summed E-state index contributed by atoms with van der Waals surface area (Å²) < 4.78 is 7.98. The molecule has 0 radical (unpaired) electrons. The van der Waals surface area contributed by atoms with Gasteiger partial charge >= 0.3 is 0 Å². The maximum atomic E-state index is 6.09. The zero-order valence-electron chi connectivity index (χ0n) is 20.7. The highest BCUT2D eigenvalue weighted by Crippen LogP contribution is 2.30. The molecule has 186 valence electrons. The first-order valence-electron chi connectivity index (χ1n) is 11.7. The van der Waals surface area contributed by atoms with E-state index in [-0.39, 0.29) is 11.7 Å². The van der Waals surface area contributed by atoms with Crippen LogP contribution in [0.4, 0.5) is 5.82 Å². The first-order chi connectivity index (χ1) is 16.8. The Morgan fingerprint density at radius 3 is 2.60 bits per heavy atom. The van der Waals surface area contributed by atoms with Crippen molar-refractivity contribution in [2.75, 3.05) is 32.9 Å². The first-order valence-corrected chi connectivity index (χ1v) is 11.7. The molecule has 3 aromatic rings. The number of nitrogen functional groups attached to an aromatic ring is 1. The quantitative estimate of drug-likeness (QED) is 0.228. The van der Waals surface area contributed by atoms with Crippen molar-refractivity contribution in [3.63, 3.8) is 0 Å². The number of hydrogen-bond acceptors (Lipinski definition) is 8. The van der Waals surface area contributed by atoms with Crippen molar-refractivity contribution in [2.45, 2.75) is 39.3 Å². The van der Waals surface area contributed by atoms with Crippen LogP contribution in [0.3, 0.4) is 0 Å². The van der Waals surface area contributed by atoms with Gasteiger partial charge in [-0.1, -0.05) is 0 Å². The van der Waals surface area contributed by atoms with E-state index in [1.807, 2.05) is 10.9 Å². The Kier molecular flexibility index (Phi) is 7.35. The number of benzene rings is 1. The third-order valence-electron chi connectivity index (χ3n) is 6.29. The van der Waals surface area contributed by atoms with E-state index in [2.05, 4.69) is 68.8 Å². The maximum absolute atomic E-state index is 6.09. The highest BCUT2D eigenvalue weighted by molar-refractivity contribution is 5.77. The van der Waals surface area contributed by atoms with Gasteiger partial charge < -0.3 is 31.8 Å². The zero-order chi connectivity index (χ0) is 24.9. The lowest BCUT2D eigenvalue weighted by molar-refractivity contribution is 0.212. The number of nitrogens with zero attached hydrogens (tertiary/aromatic N) is 6. The Labute approximate surface area is 205 Å². The maximum Gasteiger partial charge on any atom is 0.263 e. The van der Waals surface area contributed by atoms with Crippen LogP contribution in [-0.4, -0.2) is 57.8 Å². The van der Waals surface area contributed by atoms with Gasteiger partial charge in [-0.15, -0.1) is 5.10 Å². The van der Waals surface area contributed by atoms with Crippen LogP contribution in [0.25, 0.3) is 11.3 Å². The minimum Gasteiger partial charge on any atom is -0.433 e. The molecule has 35 heavy (non-hydrogen) atoms. The number of ether oxygens (including phenoxy) is 1. The van der Waals surface area contributed by atoms with E-state index in [1.54, 1.807) is 19.4 Å². The lowest BCUT2D eigenvalue weighted by Gasteiger charge is -2.28. The van der Waals surface area contributed by atoms with Gasteiger partial charge in [-0.25, -0.2) is 9.97 Å². The number of nitrogens with one attached hydrogen (secondary N) is 2. The molecule has 6 N–H and O–H groups in total. The van der Waals surface area contributed by atoms with Crippen molar-refractivity contribution in [1.82, 2.24) is 35.4 Å². The van der Waals surface area contributed by atoms with Gasteiger partial charge in [-0.3, -0.25) is 4.68 Å². The molecule has 11 nitrogen and oxygen atoms in total. The first kappa shape index (κ1) is 24.3. The number of rotatable bonds is 7. The van der Waals surface area contributed by atoms with Crippen LogP contribution in [0.15, 0.2) is 35.8 Å². The molecule has 0 unspecified atom stereocenters. The van der Waals surface area contributed by atoms with Crippen LogP contribution >= 0.6 is 0 Å². The predicted molar refractivity (Wildman–Crippen MR) is 137 cm³/mol. The van der Waals surface area contributed by atoms with Gasteiger partial charge in [0.2, 0.25) is 5.96 Å². The molecule has 0 amide bonds. The van der Waals surface area contributed by atoms with Crippen molar-refractivity contribution in [3.05, 3.63) is 47.4 Å². The molecule has 1 fully saturated rings. The molecule has 1 aliphatic rings. The Bertz CT molecular complexity index is 1170. The Morgan fingerprint density at radius 1 is 1.20 bits per heavy atom. The molecule has 4 rings (SSSR count). The van der Waals surface area contributed by atoms with Crippen LogP contribution in [0.5, 0.6) is 11.6 Å². The van der Waals surface area contributed by atoms with E-state index < -0.39 is 0 Å². The van der Waals surface area contributed by atoms with Gasteiger partial charge in [-0.05, 0) is 75.6 Å². The Hall–Kier alpha value is -3.86. The highest BCUT2D eigenvalue weighted by Gasteiger charge is 2.20. The van der Waals surface area contributed by atoms with Crippen molar-refractivity contribution in [2.24, 2.45) is 10.8 Å². The Balaban J connectivity index is 1.51. The fourth-order valence-corrected chi connectivity index (χ4v) is 4.30. The summed E-state index contributed by atoms with van der Waals surface area (Å²) in [5.41, 5.74) is 19.5. The van der Waals surface area contributed by atoms with Crippen LogP contribution in [0, 0.1) is 13.8 Å². The minimum atomic E-state index is 0.231. The summed E-state index contributed by atoms with van der Waals surface area (Å²) in [5.74, 6) is 1.43. The zero-order valence-corrected chi connectivity index (χ0v) is 20.7. The average molecular weight is 479 g/mol. The Morgan fingerprint density at radius 2 is 1.91 bits per heavy atom. The largest absolute Gasteiger partial charge is 0.433 e. The topological polar surface area (TPSA) is 145 Å². The summed E-state index contributed by atoms with van der Waals surface area (Å²) in [6.45, 7) is 6.80. The van der Waals surface area contributed by atoms with E-state index in [9.17, 15) is 0 Å². The number of piperidine rings is 1. The molecule has 1 aliphatic heterocycles. The second-order valence-electron chi connectivity index (χ2n) is 8.90. The van der Waals surface area contributed by atoms with Gasteiger partial charge in [0.15, 0.2) is 11.6 Å². The molecule has 1 aromatic carbocycles. The summed E-state index contributed by atoms with van der Waals surface area (Å²) in [6.07, 6.45) is 7.39. The molecule has 0 spiro atoms. The van der Waals surface area contributed by atoms with Crippen LogP contribution in [0.1, 0.15) is 35.6 Å². The van der Waals surface area contributed by atoms with E-state index >= 15 is 0 Å². The molecule has 1 saturated heterocycles. The molecule has 3 heterocycles. The number of aryl methyl sites for hydroxylation is 2. The standard InChI is InChI=1S/C24H34N10O/c1-15-9-17(10-16(2)20(15)12-29-24(26)32-27-3)21-13-28-22(25)23(31-21)35-19-11-30-34(14-19)18-5-7-33(4)8-6-18/h9-11,13-14,18,27H,5-8,12H2,1-4H3,(H2,25,28)(H3,26,29,32). The van der Waals surface area contributed by atoms with E-state index in [1.165, 1.54) is 0 Å². The van der Waals surface area contributed by atoms with Gasteiger partial charge in [0.05, 0.1) is 30.3 Å². The third-order valence-corrected chi connectivity index (χ3v) is 6.29. The number of guanidine groups is 1. The molecular weight excluding hydrogens is 444 g/mol. The fourth-order valence-electron chi connectivity index (χ4n) is 4.30. The third kappa shape index (κ3) is 5.80. The normalized spacial score (nSPS) is 15.3. The molecule has 2 aromatic heterocycles. The van der Waals surface area contributed by atoms with Crippen LogP contribution in [-0.2, 0) is 6.54 Å². The summed E-state index contributed by atoms with van der Waals surface area (Å²) >= 11 is 0. The minimum absolute atomic E-state index is 0.231. The predicted octanol–water partition coefficient (Wildman–Crippen LogP) is 2.14. The highest BCUT2D eigenvalue weighted by atomic mass is 16.5. The fraction of sp³-hybridized carbons (Fsp3) is 0.417. The van der Waals surface area contributed by atoms with Crippen LogP contribution in [0.2, 0.25) is 0 Å². The second-order valence-corrected chi connectivity index (χ2v) is 8.90. The summed E-state index contributed by atoms with van der Waals surface area (Å²) in [4.78, 5) is 11.3. The van der Waals surface area contributed by atoms with Gasteiger partial charge in [0, 0.05) is 19.2 Å². The van der Waals surface area contributed by atoms with Crippen molar-refractivity contribution < 1.29 is 4.74 Å². The lowest BCUT2D eigenvalue weighted by atomic mass is 9.98. The summed E-state index contributed by atoms with van der Waals surface area (Å²) in [5, 5.41) is 11.5. The van der Waals surface area contributed by atoms with E-state index in [0.717, 1.165) is 48.2 Å². The SMILES string of the molecule is CN/N=C(\N)NCc1c(C)cc(-c2cnc(N)c(Oc3cnn(C4CCN(C)CC4)c3)n2)cc1C. The number of nitrogens with two attached hydrogens (primary N) is 2. The molecule has 11 heteroatoms. The van der Waals surface area contributed by atoms with Crippen LogP contribution < -0.4 is 26.9 Å². The van der Waals surface area contributed by atoms with Crippen molar-refractivity contribution in [3.8, 4) is 22.9 Å². The monoisotopic (exact) mass is 478 g/mol. The molecular formula is C24H34N10O. The lowest BCUT2D eigenvalue weighted by Crippen LogP contribution is -2.33. The van der Waals surface area contributed by atoms with Gasteiger partial charge in [0.1, 0.15) is 0 Å². The summed E-state index contributed by atoms with van der Waals surface area (Å²) in [6, 6.07) is 4.51. The average Bonchev–Trinajstić information content (AvgIpc) is 3.29. The molecule has 0 atom stereocenters. The number of aromatic nitrogens is 4. The molecule has 0 aliphatic carbocycles. The molecule has 0 bridgehead atoms. The second kappa shape index (κ2) is 10.6. The van der Waals surface area contributed by atoms with Crippen molar-refractivity contribution >= 4 is 11.8 Å². The number of hydrogen-bond donors (Lipinski definition) is 4. The smallest absolute Gasteiger partial charge is 0.263 e. The number of likely N-dealkylation sites (tertiary alicyclic amines) is 1.